The first-order chi connectivity index (χ1) is 26.6. The van der Waals surface area contributed by atoms with Crippen LogP contribution in [0.5, 0.6) is 0 Å². The van der Waals surface area contributed by atoms with Gasteiger partial charge in [0.1, 0.15) is 6.61 Å². The molecule has 55 heavy (non-hydrogen) atoms. The summed E-state index contributed by atoms with van der Waals surface area (Å²) in [6.45, 7) is 3.61. The van der Waals surface area contributed by atoms with Crippen molar-refractivity contribution in [3.05, 3.63) is 73.1 Å². The van der Waals surface area contributed by atoms with Crippen molar-refractivity contribution in [3.8, 4) is 0 Å². The number of hydrogen-bond donors (Lipinski definition) is 5. The van der Waals surface area contributed by atoms with Gasteiger partial charge in [0.05, 0.1) is 37.8 Å². The van der Waals surface area contributed by atoms with E-state index in [-0.39, 0.29) is 45.6 Å². The van der Waals surface area contributed by atoms with Gasteiger partial charge in [-0.2, -0.15) is 0 Å². The highest BCUT2D eigenvalue weighted by atomic mass is 31.2. The zero-order valence-corrected chi connectivity index (χ0v) is 34.9. The number of allylic oxidation sites excluding steroid dienone is 8. The molecule has 5 atom stereocenters. The highest BCUT2D eigenvalue weighted by molar-refractivity contribution is 7.47. The standard InChI is InChI=1S/C43H76NO10P/c1-3-5-7-8-9-10-11-12-13-14-15-16-17-20-23-27-35-51-40(38-54-55(49,50)53-36-34-44)37-52-43(48)33-28-32-42(47)41(46)31-26-22-19-18-21-25-30-39(45)29-24-6-4-2/h6,18-19,21-22,24-27,30-31,35,39-42,45-47H,3-5,7-17,20,23,28-29,32-34,36-38,44H2,1-2H3,(H,49,50)/b21-18+,22-19-,24-6-,30-25+,31-26-,35-27+/t39-,40-,41+,42+/m1/s1. The van der Waals surface area contributed by atoms with Crippen LogP contribution >= 0.6 is 7.82 Å². The number of carbonyl (C=O) groups is 1. The smallest absolute Gasteiger partial charge is 0.472 e. The maximum atomic E-state index is 12.4. The third kappa shape index (κ3) is 37.0. The Morgan fingerprint density at radius 2 is 1.29 bits per heavy atom. The van der Waals surface area contributed by atoms with Gasteiger partial charge in [0.25, 0.3) is 0 Å². The average molecular weight is 798 g/mol. The van der Waals surface area contributed by atoms with Crippen molar-refractivity contribution in [1.82, 2.24) is 0 Å². The van der Waals surface area contributed by atoms with Crippen LogP contribution in [0.3, 0.4) is 0 Å². The molecule has 11 nitrogen and oxygen atoms in total. The van der Waals surface area contributed by atoms with Crippen molar-refractivity contribution in [1.29, 1.82) is 0 Å². The largest absolute Gasteiger partial charge is 0.492 e. The summed E-state index contributed by atoms with van der Waals surface area (Å²) in [4.78, 5) is 22.3. The van der Waals surface area contributed by atoms with E-state index in [0.717, 1.165) is 25.7 Å². The molecular formula is C43H76NO10P. The Morgan fingerprint density at radius 3 is 1.89 bits per heavy atom. The van der Waals surface area contributed by atoms with Crippen LogP contribution in [0.2, 0.25) is 0 Å². The van der Waals surface area contributed by atoms with Crippen LogP contribution < -0.4 is 5.73 Å². The van der Waals surface area contributed by atoms with E-state index >= 15 is 0 Å². The normalized spacial score (nSPS) is 15.9. The van der Waals surface area contributed by atoms with Gasteiger partial charge in [-0.1, -0.05) is 158 Å². The summed E-state index contributed by atoms with van der Waals surface area (Å²) in [6, 6.07) is 0. The number of rotatable bonds is 38. The molecule has 0 saturated carbocycles. The molecule has 0 aliphatic carbocycles. The van der Waals surface area contributed by atoms with Gasteiger partial charge in [0.15, 0.2) is 6.10 Å². The van der Waals surface area contributed by atoms with Gasteiger partial charge >= 0.3 is 13.8 Å². The Balaban J connectivity index is 4.45. The van der Waals surface area contributed by atoms with Crippen molar-refractivity contribution in [2.75, 3.05) is 26.4 Å². The first-order valence-electron chi connectivity index (χ1n) is 20.8. The summed E-state index contributed by atoms with van der Waals surface area (Å²) >= 11 is 0. The number of phosphoric ester groups is 1. The Bertz CT molecular complexity index is 1120. The zero-order chi connectivity index (χ0) is 40.7. The van der Waals surface area contributed by atoms with Crippen LogP contribution in [0.4, 0.5) is 0 Å². The van der Waals surface area contributed by atoms with E-state index in [0.29, 0.717) is 6.42 Å². The second kappa shape index (κ2) is 38.5. The first-order valence-corrected chi connectivity index (χ1v) is 22.3. The van der Waals surface area contributed by atoms with Gasteiger partial charge in [-0.3, -0.25) is 13.8 Å². The van der Waals surface area contributed by atoms with Crippen LogP contribution in [0, 0.1) is 0 Å². The summed E-state index contributed by atoms with van der Waals surface area (Å²) in [5.41, 5.74) is 5.34. The highest BCUT2D eigenvalue weighted by Crippen LogP contribution is 2.43. The minimum atomic E-state index is -4.35. The van der Waals surface area contributed by atoms with E-state index in [2.05, 4.69) is 6.92 Å². The number of unbranched alkanes of at least 4 members (excludes halogenated alkanes) is 14. The van der Waals surface area contributed by atoms with E-state index in [9.17, 15) is 29.6 Å². The molecule has 1 unspecified atom stereocenters. The summed E-state index contributed by atoms with van der Waals surface area (Å²) in [5, 5.41) is 30.3. The van der Waals surface area contributed by atoms with Gasteiger partial charge in [-0.05, 0) is 44.6 Å². The van der Waals surface area contributed by atoms with Crippen LogP contribution in [-0.4, -0.2) is 77.0 Å². The fraction of sp³-hybridized carbons (Fsp3) is 0.698. The zero-order valence-electron chi connectivity index (χ0n) is 34.0. The van der Waals surface area contributed by atoms with Gasteiger partial charge in [0.2, 0.25) is 0 Å². The minimum Gasteiger partial charge on any atom is -0.492 e. The molecule has 0 bridgehead atoms. The van der Waals surface area contributed by atoms with Crippen LogP contribution in [0.25, 0.3) is 0 Å². The van der Waals surface area contributed by atoms with Crippen molar-refractivity contribution in [2.24, 2.45) is 5.73 Å². The van der Waals surface area contributed by atoms with E-state index in [1.54, 1.807) is 42.5 Å². The number of carbonyl (C=O) groups excluding carboxylic acids is 1. The summed E-state index contributed by atoms with van der Waals surface area (Å²) < 4.78 is 32.9. The summed E-state index contributed by atoms with van der Waals surface area (Å²) in [7, 11) is -4.35. The second-order valence-electron chi connectivity index (χ2n) is 13.8. The molecular weight excluding hydrogens is 721 g/mol. The fourth-order valence-corrected chi connectivity index (χ4v) is 6.09. The molecule has 0 aliphatic heterocycles. The lowest BCUT2D eigenvalue weighted by Crippen LogP contribution is -2.26. The van der Waals surface area contributed by atoms with Crippen molar-refractivity contribution in [3.63, 3.8) is 0 Å². The Morgan fingerprint density at radius 1 is 0.709 bits per heavy atom. The van der Waals surface area contributed by atoms with Crippen LogP contribution in [-0.2, 0) is 27.9 Å². The van der Waals surface area contributed by atoms with E-state index < -0.39 is 38.2 Å². The van der Waals surface area contributed by atoms with E-state index in [1.165, 1.54) is 89.4 Å². The molecule has 0 aromatic carbocycles. The molecule has 318 valence electrons. The highest BCUT2D eigenvalue weighted by Gasteiger charge is 2.24. The third-order valence-electron chi connectivity index (χ3n) is 8.57. The lowest BCUT2D eigenvalue weighted by atomic mass is 10.0. The Kier molecular flexibility index (Phi) is 36.9. The molecule has 0 rings (SSSR count). The first kappa shape index (κ1) is 52.7. The summed E-state index contributed by atoms with van der Waals surface area (Å²) in [5.74, 6) is -0.544. The number of aliphatic hydroxyl groups excluding tert-OH is 3. The molecule has 0 saturated heterocycles. The molecule has 6 N–H and O–H groups in total. The number of phosphoric acid groups is 1. The SMILES string of the molecule is CC/C=C\C[C@@H](O)/C=C/C=C/C=C\C=C/[C@H](O)[C@@H](O)CCCC(=O)OC[C@H](COP(=O)(O)OCCN)O/C=C/CCCCCCCCCCCCCCCC. The molecule has 0 heterocycles. The lowest BCUT2D eigenvalue weighted by Gasteiger charge is -2.19. The molecule has 0 amide bonds. The van der Waals surface area contributed by atoms with Crippen molar-refractivity contribution < 1.29 is 48.1 Å². The Labute approximate surface area is 333 Å². The van der Waals surface area contributed by atoms with Crippen molar-refractivity contribution >= 4 is 13.8 Å². The number of ether oxygens (including phenoxy) is 2. The molecule has 0 spiro atoms. The maximum Gasteiger partial charge on any atom is 0.472 e. The van der Waals surface area contributed by atoms with E-state index in [1.807, 2.05) is 25.2 Å². The maximum absolute atomic E-state index is 12.4. The van der Waals surface area contributed by atoms with Gasteiger partial charge in [0, 0.05) is 13.0 Å². The molecule has 12 heteroatoms. The minimum absolute atomic E-state index is 0.00402. The molecule has 0 fully saturated rings. The molecule has 0 radical (unpaired) electrons. The molecule has 0 aliphatic rings. The number of esters is 1. The number of nitrogens with two attached hydrogens (primary N) is 1. The third-order valence-corrected chi connectivity index (χ3v) is 9.55. The van der Waals surface area contributed by atoms with E-state index in [4.69, 9.17) is 24.3 Å². The van der Waals surface area contributed by atoms with Gasteiger partial charge in [-0.25, -0.2) is 4.57 Å². The lowest BCUT2D eigenvalue weighted by molar-refractivity contribution is -0.147. The predicted octanol–water partition coefficient (Wildman–Crippen LogP) is 9.23. The number of hydrogen-bond acceptors (Lipinski definition) is 10. The van der Waals surface area contributed by atoms with Crippen LogP contribution in [0.15, 0.2) is 73.1 Å². The topological polar surface area (TPSA) is 178 Å². The fourth-order valence-electron chi connectivity index (χ4n) is 5.32. The average Bonchev–Trinajstić information content (AvgIpc) is 3.16. The quantitative estimate of drug-likeness (QED) is 0.0100. The summed E-state index contributed by atoms with van der Waals surface area (Å²) in [6.07, 6.45) is 38.2. The monoisotopic (exact) mass is 798 g/mol. The number of aliphatic hydroxyl groups is 3. The predicted molar refractivity (Wildman–Crippen MR) is 223 cm³/mol. The van der Waals surface area contributed by atoms with Gasteiger partial charge in [-0.15, -0.1) is 0 Å². The van der Waals surface area contributed by atoms with Crippen molar-refractivity contribution in [2.45, 2.75) is 167 Å². The van der Waals surface area contributed by atoms with Crippen LogP contribution in [0.1, 0.15) is 142 Å². The molecule has 0 aromatic rings. The Hall–Kier alpha value is -2.34. The molecule has 0 aromatic heterocycles. The van der Waals surface area contributed by atoms with Gasteiger partial charge < -0.3 is 35.4 Å². The second-order valence-corrected chi connectivity index (χ2v) is 15.2.